The van der Waals surface area contributed by atoms with Crippen molar-refractivity contribution in [3.8, 4) is 0 Å². The molecule has 0 N–H and O–H groups in total. The first-order valence-electron chi connectivity index (χ1n) is 6.71. The molecular weight excluding hydrogens is 180 g/mol. The van der Waals surface area contributed by atoms with Crippen molar-refractivity contribution < 1.29 is 0 Å². The predicted octanol–water partition coefficient (Wildman–Crippen LogP) is 4.84. The first-order valence-corrected chi connectivity index (χ1v) is 6.71. The largest absolute Gasteiger partial charge is 0.0620 e. The fraction of sp³-hybridized carbons (Fsp3) is 1.00. The van der Waals surface area contributed by atoms with Gasteiger partial charge in [-0.1, -0.05) is 55.4 Å². The van der Waals surface area contributed by atoms with Crippen molar-refractivity contribution in [2.75, 3.05) is 0 Å². The van der Waals surface area contributed by atoms with Gasteiger partial charge in [-0.2, -0.15) is 0 Å². The van der Waals surface area contributed by atoms with Gasteiger partial charge in [0.1, 0.15) is 0 Å². The highest BCUT2D eigenvalue weighted by Crippen LogP contribution is 2.51. The van der Waals surface area contributed by atoms with Crippen molar-refractivity contribution in [2.45, 2.75) is 55.4 Å². The number of hydrogen-bond acceptors (Lipinski definition) is 0. The van der Waals surface area contributed by atoms with Crippen LogP contribution in [-0.2, 0) is 0 Å². The molecule has 0 bridgehead atoms. The SMILES string of the molecule is CC1C(C)C(C)C(C)C(C)(C)C(C)C1C. The van der Waals surface area contributed by atoms with E-state index < -0.39 is 0 Å². The summed E-state index contributed by atoms with van der Waals surface area (Å²) in [6.45, 7) is 19.7. The molecule has 1 aliphatic rings. The average Bonchev–Trinajstić information content (AvgIpc) is 2.23. The molecule has 0 spiro atoms. The van der Waals surface area contributed by atoms with Gasteiger partial charge in [0.15, 0.2) is 0 Å². The lowest BCUT2D eigenvalue weighted by Crippen LogP contribution is -2.34. The van der Waals surface area contributed by atoms with Gasteiger partial charge in [-0.15, -0.1) is 0 Å². The molecule has 0 aliphatic heterocycles. The summed E-state index contributed by atoms with van der Waals surface area (Å²) in [6.07, 6.45) is 0. The summed E-state index contributed by atoms with van der Waals surface area (Å²) >= 11 is 0. The van der Waals surface area contributed by atoms with Crippen LogP contribution in [0.25, 0.3) is 0 Å². The van der Waals surface area contributed by atoms with Crippen molar-refractivity contribution in [1.82, 2.24) is 0 Å². The molecule has 1 saturated carbocycles. The van der Waals surface area contributed by atoms with E-state index in [-0.39, 0.29) is 0 Å². The second kappa shape index (κ2) is 4.11. The molecule has 6 unspecified atom stereocenters. The van der Waals surface area contributed by atoms with E-state index in [0.29, 0.717) is 5.41 Å². The van der Waals surface area contributed by atoms with E-state index in [0.717, 1.165) is 35.5 Å². The molecule has 0 heteroatoms. The van der Waals surface area contributed by atoms with E-state index in [1.807, 2.05) is 0 Å². The molecule has 0 aromatic carbocycles. The molecule has 0 saturated heterocycles. The van der Waals surface area contributed by atoms with Crippen LogP contribution in [0.4, 0.5) is 0 Å². The predicted molar refractivity (Wildman–Crippen MR) is 68.8 cm³/mol. The summed E-state index contributed by atoms with van der Waals surface area (Å²) in [6, 6.07) is 0. The van der Waals surface area contributed by atoms with Gasteiger partial charge in [0, 0.05) is 0 Å². The summed E-state index contributed by atoms with van der Waals surface area (Å²) in [5.41, 5.74) is 0.484. The van der Waals surface area contributed by atoms with E-state index in [9.17, 15) is 0 Å². The van der Waals surface area contributed by atoms with Gasteiger partial charge < -0.3 is 0 Å². The third-order valence-corrected chi connectivity index (χ3v) is 6.41. The lowest BCUT2D eigenvalue weighted by Gasteiger charge is -2.40. The maximum Gasteiger partial charge on any atom is -0.0298 e. The molecule has 1 fully saturated rings. The number of hydrogen-bond donors (Lipinski definition) is 0. The summed E-state index contributed by atoms with van der Waals surface area (Å²) in [5.74, 6) is 5.08. The Kier molecular flexibility index (Phi) is 3.58. The molecule has 0 radical (unpaired) electrons. The third-order valence-electron chi connectivity index (χ3n) is 6.41. The van der Waals surface area contributed by atoms with Crippen LogP contribution >= 0.6 is 0 Å². The lowest BCUT2D eigenvalue weighted by atomic mass is 9.65. The Labute approximate surface area is 96.8 Å². The Morgan fingerprint density at radius 2 is 0.800 bits per heavy atom. The van der Waals surface area contributed by atoms with Crippen LogP contribution in [0.15, 0.2) is 0 Å². The van der Waals surface area contributed by atoms with Crippen LogP contribution in [0.5, 0.6) is 0 Å². The minimum atomic E-state index is 0.484. The van der Waals surface area contributed by atoms with E-state index in [1.165, 1.54) is 0 Å². The zero-order valence-electron chi connectivity index (χ0n) is 12.0. The summed E-state index contributed by atoms with van der Waals surface area (Å²) in [4.78, 5) is 0. The topological polar surface area (TPSA) is 0 Å². The molecule has 1 aliphatic carbocycles. The second-order valence-corrected chi connectivity index (χ2v) is 6.84. The Bertz CT molecular complexity index is 194. The van der Waals surface area contributed by atoms with Crippen molar-refractivity contribution in [3.05, 3.63) is 0 Å². The maximum absolute atomic E-state index is 2.47. The first kappa shape index (κ1) is 13.1. The molecule has 0 nitrogen and oxygen atoms in total. The van der Waals surface area contributed by atoms with Crippen molar-refractivity contribution in [2.24, 2.45) is 40.9 Å². The minimum absolute atomic E-state index is 0.484. The zero-order chi connectivity index (χ0) is 12.0. The molecule has 0 heterocycles. The van der Waals surface area contributed by atoms with Gasteiger partial charge in [-0.3, -0.25) is 0 Å². The highest BCUT2D eigenvalue weighted by atomic mass is 14.5. The molecule has 6 atom stereocenters. The van der Waals surface area contributed by atoms with E-state index in [4.69, 9.17) is 0 Å². The molecule has 90 valence electrons. The van der Waals surface area contributed by atoms with Gasteiger partial charge in [-0.25, -0.2) is 0 Å². The van der Waals surface area contributed by atoms with Gasteiger partial charge in [0.05, 0.1) is 0 Å². The molecular formula is C15H30. The van der Waals surface area contributed by atoms with Gasteiger partial charge >= 0.3 is 0 Å². The number of rotatable bonds is 0. The highest BCUT2D eigenvalue weighted by molar-refractivity contribution is 4.93. The van der Waals surface area contributed by atoms with Gasteiger partial charge in [-0.05, 0) is 40.9 Å². The maximum atomic E-state index is 2.47. The summed E-state index contributed by atoms with van der Waals surface area (Å²) in [5, 5.41) is 0. The van der Waals surface area contributed by atoms with Crippen molar-refractivity contribution >= 4 is 0 Å². The average molecular weight is 210 g/mol. The standard InChI is InChI=1S/C15H30/c1-9-10(2)12(4)14(6)15(7,8)13(5)11(9)3/h9-14H,1-8H3. The smallest absolute Gasteiger partial charge is 0.0298 e. The van der Waals surface area contributed by atoms with E-state index in [2.05, 4.69) is 55.4 Å². The Hall–Kier alpha value is 0. The fourth-order valence-corrected chi connectivity index (χ4v) is 3.64. The van der Waals surface area contributed by atoms with Gasteiger partial charge in [0.2, 0.25) is 0 Å². The molecule has 0 aromatic rings. The van der Waals surface area contributed by atoms with E-state index in [1.54, 1.807) is 0 Å². The second-order valence-electron chi connectivity index (χ2n) is 6.84. The monoisotopic (exact) mass is 210 g/mol. The van der Waals surface area contributed by atoms with Crippen LogP contribution in [0.2, 0.25) is 0 Å². The lowest BCUT2D eigenvalue weighted by molar-refractivity contribution is 0.0836. The Morgan fingerprint density at radius 1 is 0.533 bits per heavy atom. The third kappa shape index (κ3) is 1.97. The normalized spacial score (nSPS) is 51.2. The Balaban J connectivity index is 3.08. The minimum Gasteiger partial charge on any atom is -0.0620 e. The van der Waals surface area contributed by atoms with Crippen LogP contribution in [-0.4, -0.2) is 0 Å². The summed E-state index contributed by atoms with van der Waals surface area (Å²) in [7, 11) is 0. The van der Waals surface area contributed by atoms with Crippen LogP contribution < -0.4 is 0 Å². The first-order chi connectivity index (χ1) is 6.71. The van der Waals surface area contributed by atoms with Gasteiger partial charge in [0.25, 0.3) is 0 Å². The summed E-state index contributed by atoms with van der Waals surface area (Å²) < 4.78 is 0. The Morgan fingerprint density at radius 3 is 1.07 bits per heavy atom. The molecule has 0 aromatic heterocycles. The van der Waals surface area contributed by atoms with E-state index >= 15 is 0 Å². The molecule has 0 amide bonds. The molecule has 15 heavy (non-hydrogen) atoms. The van der Waals surface area contributed by atoms with Crippen LogP contribution in [0.1, 0.15) is 55.4 Å². The molecule has 1 rings (SSSR count). The van der Waals surface area contributed by atoms with Crippen LogP contribution in [0, 0.1) is 40.9 Å². The van der Waals surface area contributed by atoms with Crippen molar-refractivity contribution in [3.63, 3.8) is 0 Å². The zero-order valence-corrected chi connectivity index (χ0v) is 12.0. The quantitative estimate of drug-likeness (QED) is 0.502. The highest BCUT2D eigenvalue weighted by Gasteiger charge is 2.45. The van der Waals surface area contributed by atoms with Crippen LogP contribution in [0.3, 0.4) is 0 Å². The fourth-order valence-electron chi connectivity index (χ4n) is 3.64. The van der Waals surface area contributed by atoms with Crippen molar-refractivity contribution in [1.29, 1.82) is 0 Å².